The minimum absolute atomic E-state index is 0.375. The number of aliphatic hydroxyl groups is 1. The number of benzene rings is 1. The second kappa shape index (κ2) is 7.62. The van der Waals surface area contributed by atoms with E-state index in [1.54, 1.807) is 12.1 Å². The Bertz CT molecular complexity index is 433. The Kier molecular flexibility index (Phi) is 6.48. The molecule has 0 aliphatic carbocycles. The van der Waals surface area contributed by atoms with E-state index in [4.69, 9.17) is 4.74 Å². The number of esters is 1. The van der Waals surface area contributed by atoms with E-state index in [2.05, 4.69) is 15.9 Å². The quantitative estimate of drug-likeness (QED) is 0.643. The lowest BCUT2D eigenvalue weighted by Crippen LogP contribution is -2.36. The van der Waals surface area contributed by atoms with E-state index in [-0.39, 0.29) is 5.97 Å². The van der Waals surface area contributed by atoms with Gasteiger partial charge in [-0.1, -0.05) is 29.8 Å². The molecule has 0 saturated heterocycles. The van der Waals surface area contributed by atoms with Crippen molar-refractivity contribution < 1.29 is 14.6 Å². The average Bonchev–Trinajstić information content (AvgIpc) is 2.38. The Morgan fingerprint density at radius 2 is 2.00 bits per heavy atom. The number of ether oxygens (including phenoxy) is 1. The summed E-state index contributed by atoms with van der Waals surface area (Å²) in [6, 6.07) is 5.36. The van der Waals surface area contributed by atoms with Crippen molar-refractivity contribution in [3.05, 3.63) is 33.8 Å². The van der Waals surface area contributed by atoms with Crippen LogP contribution in [0.15, 0.2) is 22.7 Å². The predicted molar refractivity (Wildman–Crippen MR) is 78.1 cm³/mol. The first-order chi connectivity index (χ1) is 9.01. The van der Waals surface area contributed by atoms with E-state index in [9.17, 15) is 9.90 Å². The molecule has 1 atom stereocenters. The monoisotopic (exact) mass is 329 g/mol. The highest BCUT2D eigenvalue weighted by Crippen LogP contribution is 2.18. The molecule has 0 radical (unpaired) electrons. The fourth-order valence-corrected chi connectivity index (χ4v) is 2.53. The molecule has 0 fully saturated rings. The highest BCUT2D eigenvalue weighted by Gasteiger charge is 2.15. The zero-order chi connectivity index (χ0) is 14.4. The lowest BCUT2D eigenvalue weighted by molar-refractivity contribution is 0.0115. The fourth-order valence-electron chi connectivity index (χ4n) is 1.99. The predicted octanol–water partition coefficient (Wildman–Crippen LogP) is 2.44. The van der Waals surface area contributed by atoms with Crippen molar-refractivity contribution in [2.24, 2.45) is 0 Å². The minimum atomic E-state index is -0.546. The van der Waals surface area contributed by atoms with E-state index in [1.165, 1.54) is 7.11 Å². The molecule has 5 heteroatoms. The lowest BCUT2D eigenvalue weighted by Gasteiger charge is -2.25. The van der Waals surface area contributed by atoms with Crippen molar-refractivity contribution in [2.45, 2.75) is 26.5 Å². The van der Waals surface area contributed by atoms with Crippen LogP contribution in [0.2, 0.25) is 0 Å². The van der Waals surface area contributed by atoms with Gasteiger partial charge in [-0.3, -0.25) is 4.90 Å². The summed E-state index contributed by atoms with van der Waals surface area (Å²) < 4.78 is 5.51. The SMILES string of the molecule is CCN(CC)C(O)Cc1cc(Br)cc(C(=O)OC)c1. The van der Waals surface area contributed by atoms with Crippen molar-refractivity contribution >= 4 is 21.9 Å². The van der Waals surface area contributed by atoms with Crippen molar-refractivity contribution in [3.8, 4) is 0 Å². The van der Waals surface area contributed by atoms with Gasteiger partial charge in [0.25, 0.3) is 0 Å². The number of rotatable bonds is 6. The maximum Gasteiger partial charge on any atom is 0.337 e. The van der Waals surface area contributed by atoms with E-state index < -0.39 is 6.23 Å². The molecule has 0 aliphatic heterocycles. The number of methoxy groups -OCH3 is 1. The van der Waals surface area contributed by atoms with E-state index in [0.717, 1.165) is 23.1 Å². The molecule has 1 unspecified atom stereocenters. The number of hydrogen-bond acceptors (Lipinski definition) is 4. The smallest absolute Gasteiger partial charge is 0.337 e. The number of nitrogens with zero attached hydrogens (tertiary/aromatic N) is 1. The summed E-state index contributed by atoms with van der Waals surface area (Å²) in [6.45, 7) is 5.59. The normalized spacial score (nSPS) is 12.5. The summed E-state index contributed by atoms with van der Waals surface area (Å²) >= 11 is 3.37. The first-order valence-corrected chi connectivity index (χ1v) is 7.11. The van der Waals surface area contributed by atoms with Gasteiger partial charge in [-0.05, 0) is 36.9 Å². The van der Waals surface area contributed by atoms with Gasteiger partial charge in [0, 0.05) is 10.9 Å². The van der Waals surface area contributed by atoms with Crippen LogP contribution in [0.1, 0.15) is 29.8 Å². The molecule has 1 aromatic rings. The van der Waals surface area contributed by atoms with Crippen molar-refractivity contribution in [3.63, 3.8) is 0 Å². The average molecular weight is 330 g/mol. The topological polar surface area (TPSA) is 49.8 Å². The Hall–Kier alpha value is -0.910. The van der Waals surface area contributed by atoms with Crippen LogP contribution in [0.25, 0.3) is 0 Å². The summed E-state index contributed by atoms with van der Waals surface area (Å²) in [4.78, 5) is 13.5. The van der Waals surface area contributed by atoms with Crippen LogP contribution in [0.3, 0.4) is 0 Å². The third-order valence-corrected chi connectivity index (χ3v) is 3.49. The second-order valence-corrected chi connectivity index (χ2v) is 5.16. The fraction of sp³-hybridized carbons (Fsp3) is 0.500. The summed E-state index contributed by atoms with van der Waals surface area (Å²) in [5.74, 6) is -0.375. The van der Waals surface area contributed by atoms with Gasteiger partial charge in [0.1, 0.15) is 6.23 Å². The third kappa shape index (κ3) is 4.60. The molecule has 1 rings (SSSR count). The molecule has 1 N–H and O–H groups in total. The molecule has 0 amide bonds. The van der Waals surface area contributed by atoms with Gasteiger partial charge < -0.3 is 9.84 Å². The van der Waals surface area contributed by atoms with Crippen molar-refractivity contribution in [2.75, 3.05) is 20.2 Å². The maximum absolute atomic E-state index is 11.5. The molecule has 106 valence electrons. The van der Waals surface area contributed by atoms with Crippen LogP contribution in [0.4, 0.5) is 0 Å². The summed E-state index contributed by atoms with van der Waals surface area (Å²) in [6.07, 6.45) is -0.0692. The number of hydrogen-bond donors (Lipinski definition) is 1. The van der Waals surface area contributed by atoms with Crippen molar-refractivity contribution in [1.82, 2.24) is 4.90 Å². The van der Waals surface area contributed by atoms with Crippen LogP contribution in [-0.2, 0) is 11.2 Å². The molecule has 0 saturated carbocycles. The molecule has 19 heavy (non-hydrogen) atoms. The molecule has 0 aromatic heterocycles. The number of halogens is 1. The molecular formula is C14H20BrNO3. The van der Waals surface area contributed by atoms with Crippen LogP contribution in [0, 0.1) is 0 Å². The Morgan fingerprint density at radius 3 is 2.53 bits per heavy atom. The van der Waals surface area contributed by atoms with Crippen LogP contribution in [0.5, 0.6) is 0 Å². The molecule has 4 nitrogen and oxygen atoms in total. The standard InChI is InChI=1S/C14H20BrNO3/c1-4-16(5-2)13(17)8-10-6-11(14(18)19-3)9-12(15)7-10/h6-7,9,13,17H,4-5,8H2,1-3H3. The van der Waals surface area contributed by atoms with Crippen LogP contribution < -0.4 is 0 Å². The number of carbonyl (C=O) groups is 1. The second-order valence-electron chi connectivity index (χ2n) is 4.25. The highest BCUT2D eigenvalue weighted by molar-refractivity contribution is 9.10. The van der Waals surface area contributed by atoms with Crippen LogP contribution >= 0.6 is 15.9 Å². The molecule has 1 aromatic carbocycles. The van der Waals surface area contributed by atoms with Gasteiger partial charge in [0.05, 0.1) is 12.7 Å². The van der Waals surface area contributed by atoms with Gasteiger partial charge in [-0.2, -0.15) is 0 Å². The lowest BCUT2D eigenvalue weighted by atomic mass is 10.1. The van der Waals surface area contributed by atoms with Gasteiger partial charge in [0.15, 0.2) is 0 Å². The third-order valence-electron chi connectivity index (χ3n) is 3.03. The highest BCUT2D eigenvalue weighted by atomic mass is 79.9. The Morgan fingerprint density at radius 1 is 1.37 bits per heavy atom. The van der Waals surface area contributed by atoms with Gasteiger partial charge in [-0.25, -0.2) is 4.79 Å². The zero-order valence-corrected chi connectivity index (χ0v) is 13.1. The number of carbonyl (C=O) groups excluding carboxylic acids is 1. The van der Waals surface area contributed by atoms with Gasteiger partial charge >= 0.3 is 5.97 Å². The maximum atomic E-state index is 11.5. The van der Waals surface area contributed by atoms with E-state index in [0.29, 0.717) is 12.0 Å². The number of likely N-dealkylation sites (N-methyl/N-ethyl adjacent to an activating group) is 1. The minimum Gasteiger partial charge on any atom is -0.465 e. The first kappa shape index (κ1) is 16.1. The van der Waals surface area contributed by atoms with E-state index >= 15 is 0 Å². The van der Waals surface area contributed by atoms with Crippen LogP contribution in [-0.4, -0.2) is 42.4 Å². The van der Waals surface area contributed by atoms with Gasteiger partial charge in [-0.15, -0.1) is 0 Å². The molecule has 0 aliphatic rings. The Labute approximate surface area is 122 Å². The molecule has 0 bridgehead atoms. The first-order valence-electron chi connectivity index (χ1n) is 6.31. The van der Waals surface area contributed by atoms with E-state index in [1.807, 2.05) is 24.8 Å². The Balaban J connectivity index is 2.89. The largest absolute Gasteiger partial charge is 0.465 e. The van der Waals surface area contributed by atoms with Crippen molar-refractivity contribution in [1.29, 1.82) is 0 Å². The molecule has 0 spiro atoms. The zero-order valence-electron chi connectivity index (χ0n) is 11.5. The molecular weight excluding hydrogens is 310 g/mol. The summed E-state index contributed by atoms with van der Waals surface area (Å²) in [5, 5.41) is 10.1. The summed E-state index contributed by atoms with van der Waals surface area (Å²) in [7, 11) is 1.35. The number of aliphatic hydroxyl groups excluding tert-OH is 1. The molecule has 0 heterocycles. The summed E-state index contributed by atoms with van der Waals surface area (Å²) in [5.41, 5.74) is 1.38. The van der Waals surface area contributed by atoms with Gasteiger partial charge in [0.2, 0.25) is 0 Å².